The first-order valence-corrected chi connectivity index (χ1v) is 10.7. The third-order valence-electron chi connectivity index (χ3n) is 4.98. The molecular formula is C24H21ClN4O2S. The molecule has 0 atom stereocenters. The fourth-order valence-corrected chi connectivity index (χ4v) is 3.93. The van der Waals surface area contributed by atoms with Crippen LogP contribution in [0.1, 0.15) is 11.1 Å². The molecule has 8 heteroatoms. The van der Waals surface area contributed by atoms with E-state index in [0.29, 0.717) is 28.7 Å². The summed E-state index contributed by atoms with van der Waals surface area (Å²) in [7, 11) is 1.55. The van der Waals surface area contributed by atoms with Crippen LogP contribution in [0.5, 0.6) is 11.6 Å². The van der Waals surface area contributed by atoms with Gasteiger partial charge in [0.2, 0.25) is 11.0 Å². The highest BCUT2D eigenvalue weighted by Gasteiger charge is 2.17. The molecule has 32 heavy (non-hydrogen) atoms. The molecule has 162 valence electrons. The van der Waals surface area contributed by atoms with E-state index in [4.69, 9.17) is 28.6 Å². The number of aromatic hydroxyl groups is 1. The van der Waals surface area contributed by atoms with Gasteiger partial charge < -0.3 is 19.7 Å². The molecule has 4 aromatic rings. The fourth-order valence-electron chi connectivity index (χ4n) is 3.51. The van der Waals surface area contributed by atoms with Crippen LogP contribution in [0.25, 0.3) is 10.9 Å². The van der Waals surface area contributed by atoms with Gasteiger partial charge in [0, 0.05) is 11.1 Å². The Morgan fingerprint density at radius 2 is 1.94 bits per heavy atom. The minimum atomic E-state index is 0.0340. The summed E-state index contributed by atoms with van der Waals surface area (Å²) in [6.07, 6.45) is 0. The molecule has 0 saturated carbocycles. The molecule has 6 nitrogen and oxygen atoms in total. The first-order valence-electron chi connectivity index (χ1n) is 9.88. The normalized spacial score (nSPS) is 11.2. The number of nitrogens with one attached hydrogen (secondary N) is 1. The van der Waals surface area contributed by atoms with Crippen molar-refractivity contribution < 1.29 is 9.84 Å². The largest absolute Gasteiger partial charge is 0.495 e. The summed E-state index contributed by atoms with van der Waals surface area (Å²) < 4.78 is 6.97. The van der Waals surface area contributed by atoms with Crippen molar-refractivity contribution in [1.29, 1.82) is 0 Å². The lowest BCUT2D eigenvalue weighted by molar-refractivity contribution is 0.415. The molecule has 0 aliphatic heterocycles. The van der Waals surface area contributed by atoms with E-state index in [9.17, 15) is 5.11 Å². The number of para-hydroxylation sites is 1. The minimum Gasteiger partial charge on any atom is -0.495 e. The van der Waals surface area contributed by atoms with E-state index in [2.05, 4.69) is 21.6 Å². The van der Waals surface area contributed by atoms with Crippen LogP contribution in [0.4, 0.5) is 11.4 Å². The standard InChI is InChI=1S/C24H21ClN4O2S/c1-15-6-5-7-16(12-15)14-29-20-9-4-3-8-18(20)22(23(29)30)27-28-24(32)26-17-10-11-21(31-2)19(25)13-17/h3-13,30H,14H2,1-2H3,(H,26,32). The number of hydrogen-bond donors (Lipinski definition) is 2. The van der Waals surface area contributed by atoms with E-state index < -0.39 is 0 Å². The Bertz CT molecular complexity index is 1330. The Morgan fingerprint density at radius 1 is 1.12 bits per heavy atom. The Morgan fingerprint density at radius 3 is 2.69 bits per heavy atom. The van der Waals surface area contributed by atoms with Gasteiger partial charge in [-0.1, -0.05) is 59.6 Å². The number of fused-ring (bicyclic) bond motifs is 1. The highest BCUT2D eigenvalue weighted by atomic mass is 35.5. The number of benzene rings is 3. The molecule has 0 saturated heterocycles. The van der Waals surface area contributed by atoms with Gasteiger partial charge in [-0.3, -0.25) is 0 Å². The van der Waals surface area contributed by atoms with Gasteiger partial charge in [-0.05, 0) is 49.0 Å². The van der Waals surface area contributed by atoms with Crippen molar-refractivity contribution in [3.8, 4) is 11.6 Å². The topological polar surface area (TPSA) is 71.1 Å². The van der Waals surface area contributed by atoms with Gasteiger partial charge in [-0.15, -0.1) is 10.2 Å². The lowest BCUT2D eigenvalue weighted by Crippen LogP contribution is -2.04. The average Bonchev–Trinajstić information content (AvgIpc) is 3.03. The summed E-state index contributed by atoms with van der Waals surface area (Å²) in [5.41, 5.74) is 4.13. The van der Waals surface area contributed by atoms with Crippen molar-refractivity contribution in [3.05, 3.63) is 82.9 Å². The van der Waals surface area contributed by atoms with Gasteiger partial charge in [0.25, 0.3) is 0 Å². The summed E-state index contributed by atoms with van der Waals surface area (Å²) in [5, 5.41) is 23.7. The van der Waals surface area contributed by atoms with Gasteiger partial charge in [-0.2, -0.15) is 0 Å². The van der Waals surface area contributed by atoms with E-state index >= 15 is 0 Å². The molecule has 2 N–H and O–H groups in total. The van der Waals surface area contributed by atoms with Crippen LogP contribution in [0.2, 0.25) is 5.02 Å². The molecule has 1 heterocycles. The zero-order valence-electron chi connectivity index (χ0n) is 17.5. The summed E-state index contributed by atoms with van der Waals surface area (Å²) in [6, 6.07) is 21.0. The summed E-state index contributed by atoms with van der Waals surface area (Å²) in [6.45, 7) is 2.55. The van der Waals surface area contributed by atoms with Gasteiger partial charge in [0.15, 0.2) is 5.69 Å². The number of aryl methyl sites for hydroxylation is 1. The first kappa shape index (κ1) is 21.8. The molecule has 0 amide bonds. The number of halogens is 1. The number of thiocarbonyl (C=S) groups is 1. The highest BCUT2D eigenvalue weighted by Crippen LogP contribution is 2.39. The Hall–Kier alpha value is -3.42. The van der Waals surface area contributed by atoms with E-state index in [0.717, 1.165) is 22.0 Å². The lowest BCUT2D eigenvalue weighted by Gasteiger charge is -2.08. The van der Waals surface area contributed by atoms with Gasteiger partial charge in [-0.25, -0.2) is 0 Å². The average molecular weight is 465 g/mol. The highest BCUT2D eigenvalue weighted by molar-refractivity contribution is 7.80. The monoisotopic (exact) mass is 464 g/mol. The van der Waals surface area contributed by atoms with Crippen molar-refractivity contribution in [2.24, 2.45) is 10.2 Å². The SMILES string of the molecule is COc1ccc(NC(=S)N=Nc2c(O)n(Cc3cccc(C)c3)c3ccccc23)cc1Cl. The summed E-state index contributed by atoms with van der Waals surface area (Å²) >= 11 is 11.5. The molecule has 0 fully saturated rings. The first-order chi connectivity index (χ1) is 15.5. The second kappa shape index (κ2) is 9.38. The summed E-state index contributed by atoms with van der Waals surface area (Å²) in [5.74, 6) is 0.600. The van der Waals surface area contributed by atoms with Crippen molar-refractivity contribution >= 4 is 51.2 Å². The number of azo groups is 1. The Balaban J connectivity index is 1.61. The Kier molecular flexibility index (Phi) is 6.39. The zero-order valence-corrected chi connectivity index (χ0v) is 19.1. The molecule has 0 radical (unpaired) electrons. The van der Waals surface area contributed by atoms with Gasteiger partial charge in [0.1, 0.15) is 5.75 Å². The van der Waals surface area contributed by atoms with E-state index in [1.807, 2.05) is 54.0 Å². The van der Waals surface area contributed by atoms with Crippen molar-refractivity contribution in [2.75, 3.05) is 12.4 Å². The smallest absolute Gasteiger partial charge is 0.221 e. The van der Waals surface area contributed by atoms with Crippen molar-refractivity contribution in [2.45, 2.75) is 13.5 Å². The molecule has 4 rings (SSSR count). The number of rotatable bonds is 5. The number of anilines is 1. The molecule has 1 aromatic heterocycles. The zero-order chi connectivity index (χ0) is 22.7. The Labute approximate surface area is 196 Å². The second-order valence-electron chi connectivity index (χ2n) is 7.24. The number of methoxy groups -OCH3 is 1. The van der Waals surface area contributed by atoms with Crippen LogP contribution in [-0.4, -0.2) is 21.9 Å². The van der Waals surface area contributed by atoms with Crippen LogP contribution in [0.3, 0.4) is 0 Å². The lowest BCUT2D eigenvalue weighted by atomic mass is 10.1. The van der Waals surface area contributed by atoms with Crippen LogP contribution in [0, 0.1) is 6.92 Å². The maximum atomic E-state index is 11.0. The second-order valence-corrected chi connectivity index (χ2v) is 8.04. The van der Waals surface area contributed by atoms with E-state index in [1.165, 1.54) is 0 Å². The van der Waals surface area contributed by atoms with Gasteiger partial charge in [0.05, 0.1) is 24.2 Å². The maximum Gasteiger partial charge on any atom is 0.221 e. The van der Waals surface area contributed by atoms with Crippen LogP contribution in [-0.2, 0) is 6.54 Å². The third-order valence-corrected chi connectivity index (χ3v) is 5.46. The minimum absolute atomic E-state index is 0.0340. The molecule has 3 aromatic carbocycles. The number of nitrogens with zero attached hydrogens (tertiary/aromatic N) is 3. The summed E-state index contributed by atoms with van der Waals surface area (Å²) in [4.78, 5) is 0. The molecule has 0 aliphatic rings. The van der Waals surface area contributed by atoms with Crippen molar-refractivity contribution in [3.63, 3.8) is 0 Å². The van der Waals surface area contributed by atoms with E-state index in [-0.39, 0.29) is 11.0 Å². The molecule has 0 unspecified atom stereocenters. The van der Waals surface area contributed by atoms with Crippen molar-refractivity contribution in [1.82, 2.24) is 4.57 Å². The van der Waals surface area contributed by atoms with Crippen LogP contribution < -0.4 is 10.1 Å². The molecule has 0 bridgehead atoms. The molecule has 0 aliphatic carbocycles. The van der Waals surface area contributed by atoms with Gasteiger partial charge >= 0.3 is 0 Å². The van der Waals surface area contributed by atoms with Crippen LogP contribution in [0.15, 0.2) is 77.0 Å². The predicted molar refractivity (Wildman–Crippen MR) is 133 cm³/mol. The fraction of sp³-hybridized carbons (Fsp3) is 0.125. The quantitative estimate of drug-likeness (QED) is 0.250. The third kappa shape index (κ3) is 4.59. The predicted octanol–water partition coefficient (Wildman–Crippen LogP) is 6.85. The van der Waals surface area contributed by atoms with Crippen LogP contribution >= 0.6 is 23.8 Å². The maximum absolute atomic E-state index is 11.0. The number of hydrogen-bond acceptors (Lipinski definition) is 4. The number of aromatic nitrogens is 1. The number of ether oxygens (including phenoxy) is 1. The molecular weight excluding hydrogens is 444 g/mol. The van der Waals surface area contributed by atoms with E-state index in [1.54, 1.807) is 25.3 Å². The molecule has 0 spiro atoms.